The van der Waals surface area contributed by atoms with Crippen LogP contribution in [0.3, 0.4) is 0 Å². The van der Waals surface area contributed by atoms with Gasteiger partial charge in [-0.2, -0.15) is 5.10 Å². The number of likely N-dealkylation sites (N-methyl/N-ethyl adjacent to an activating group) is 1. The minimum atomic E-state index is -0.626. The fourth-order valence-corrected chi connectivity index (χ4v) is 6.97. The maximum atomic E-state index is 14.2. The molecule has 7 rings (SSSR count). The number of halogens is 1. The summed E-state index contributed by atoms with van der Waals surface area (Å²) >= 11 is 1.67. The van der Waals surface area contributed by atoms with Crippen LogP contribution in [-0.2, 0) is 19.4 Å². The molecule has 0 saturated carbocycles. The normalized spacial score (nSPS) is 20.2. The summed E-state index contributed by atoms with van der Waals surface area (Å²) in [5, 5.41) is 23.0. The molecule has 4 aromatic rings. The molecule has 4 N–H and O–H groups in total. The van der Waals surface area contributed by atoms with Gasteiger partial charge < -0.3 is 20.3 Å². The van der Waals surface area contributed by atoms with Crippen LogP contribution in [0.25, 0.3) is 33.5 Å². The molecule has 2 aromatic carbocycles. The Morgan fingerprint density at radius 3 is 2.86 bits per heavy atom. The minimum Gasteiger partial charge on any atom is -0.505 e. The smallest absolute Gasteiger partial charge is 0.165 e. The van der Waals surface area contributed by atoms with E-state index in [1.54, 1.807) is 11.9 Å². The van der Waals surface area contributed by atoms with E-state index in [9.17, 15) is 9.50 Å². The van der Waals surface area contributed by atoms with Gasteiger partial charge >= 0.3 is 0 Å². The van der Waals surface area contributed by atoms with Gasteiger partial charge in [-0.3, -0.25) is 10.00 Å². The van der Waals surface area contributed by atoms with E-state index >= 15 is 0 Å². The Morgan fingerprint density at radius 1 is 1.12 bits per heavy atom. The first-order valence-corrected chi connectivity index (χ1v) is 15.7. The number of rotatable bonds is 6. The van der Waals surface area contributed by atoms with Gasteiger partial charge in [0, 0.05) is 50.4 Å². The summed E-state index contributed by atoms with van der Waals surface area (Å²) in [6, 6.07) is 8.84. The zero-order valence-electron chi connectivity index (χ0n) is 24.4. The molecule has 3 aliphatic heterocycles. The SMILES string of the molecule is CCc1cc(O)c(F)cc1-c1ccc2c(-c3nc4c([nH]3)CN(SC3=CNC(N5CCCN(C)CC5)C=N3)CC4)n[nH]c2c1. The van der Waals surface area contributed by atoms with Crippen LogP contribution in [0.5, 0.6) is 5.75 Å². The number of nitrogens with one attached hydrogen (secondary N) is 3. The van der Waals surface area contributed by atoms with Crippen LogP contribution in [0.15, 0.2) is 46.6 Å². The van der Waals surface area contributed by atoms with E-state index in [1.807, 2.05) is 37.5 Å². The second kappa shape index (κ2) is 11.8. The number of H-pyrrole nitrogens is 2. The van der Waals surface area contributed by atoms with Crippen molar-refractivity contribution in [2.24, 2.45) is 4.99 Å². The number of aromatic amines is 2. The molecule has 5 heterocycles. The Morgan fingerprint density at radius 2 is 2.02 bits per heavy atom. The van der Waals surface area contributed by atoms with E-state index in [1.165, 1.54) is 18.6 Å². The maximum absolute atomic E-state index is 14.2. The summed E-state index contributed by atoms with van der Waals surface area (Å²) in [5.41, 5.74) is 6.27. The van der Waals surface area contributed by atoms with E-state index in [0.29, 0.717) is 6.42 Å². The topological polar surface area (TPSA) is 112 Å². The van der Waals surface area contributed by atoms with Crippen LogP contribution in [0.2, 0.25) is 0 Å². The van der Waals surface area contributed by atoms with Crippen LogP contribution in [-0.4, -0.2) is 91.5 Å². The van der Waals surface area contributed by atoms with Gasteiger partial charge in [0.25, 0.3) is 0 Å². The van der Waals surface area contributed by atoms with E-state index in [-0.39, 0.29) is 11.9 Å². The number of aliphatic imine (C=N–C) groups is 1. The summed E-state index contributed by atoms with van der Waals surface area (Å²) in [4.78, 5) is 18.1. The third kappa shape index (κ3) is 5.67. The van der Waals surface area contributed by atoms with Crippen molar-refractivity contribution in [3.8, 4) is 28.4 Å². The molecule has 2 aromatic heterocycles. The first-order chi connectivity index (χ1) is 20.9. The average molecular weight is 602 g/mol. The fourth-order valence-electron chi connectivity index (χ4n) is 6.10. The Hall–Kier alpha value is -3.71. The summed E-state index contributed by atoms with van der Waals surface area (Å²) < 4.78 is 16.5. The number of aromatic hydroxyl groups is 1. The highest BCUT2D eigenvalue weighted by molar-refractivity contribution is 8.00. The lowest BCUT2D eigenvalue weighted by Gasteiger charge is -2.31. The van der Waals surface area contributed by atoms with Crippen LogP contribution in [0.1, 0.15) is 30.3 Å². The second-order valence-electron chi connectivity index (χ2n) is 11.4. The molecule has 3 aliphatic rings. The molecular formula is C31H36FN9OS. The summed E-state index contributed by atoms with van der Waals surface area (Å²) in [6.45, 7) is 7.94. The largest absolute Gasteiger partial charge is 0.505 e. The standard InChI is InChI=1S/C31H36FN9OS/c1-3-19-14-27(42)23(32)15-22(19)20-5-6-21-25(13-20)37-38-30(21)31-35-24-7-10-41(18-26(24)36-31)43-29-17-33-28(16-34-29)40-9-4-8-39(2)11-12-40/h5-6,13-17,28,33,42H,3-4,7-12,18H2,1-2H3,(H,35,36)(H,37,38). The molecule has 1 fully saturated rings. The fraction of sp³-hybridized carbons (Fsp3) is 0.387. The number of nitrogens with zero attached hydrogens (tertiary/aromatic N) is 6. The van der Waals surface area contributed by atoms with Crippen LogP contribution in [0, 0.1) is 5.82 Å². The van der Waals surface area contributed by atoms with Gasteiger partial charge in [-0.05, 0) is 79.3 Å². The number of fused-ring (bicyclic) bond motifs is 2. The molecule has 0 aliphatic carbocycles. The second-order valence-corrected chi connectivity index (χ2v) is 12.5. The number of hydrogen-bond acceptors (Lipinski definition) is 9. The van der Waals surface area contributed by atoms with E-state index < -0.39 is 5.82 Å². The van der Waals surface area contributed by atoms with Crippen molar-refractivity contribution in [3.63, 3.8) is 0 Å². The molecule has 1 unspecified atom stereocenters. The highest BCUT2D eigenvalue weighted by atomic mass is 32.2. The van der Waals surface area contributed by atoms with Gasteiger partial charge in [0.1, 0.15) is 16.9 Å². The Bertz CT molecular complexity index is 1710. The van der Waals surface area contributed by atoms with E-state index in [4.69, 9.17) is 9.98 Å². The van der Waals surface area contributed by atoms with Gasteiger partial charge in [-0.15, -0.1) is 0 Å². The van der Waals surface area contributed by atoms with Crippen molar-refractivity contribution in [1.29, 1.82) is 0 Å². The molecule has 1 atom stereocenters. The lowest BCUT2D eigenvalue weighted by molar-refractivity contribution is 0.233. The van der Waals surface area contributed by atoms with E-state index in [0.717, 1.165) is 101 Å². The van der Waals surface area contributed by atoms with Gasteiger partial charge in [-0.1, -0.05) is 13.0 Å². The van der Waals surface area contributed by atoms with Gasteiger partial charge in [0.15, 0.2) is 17.4 Å². The quantitative estimate of drug-likeness (QED) is 0.240. The average Bonchev–Trinajstić information content (AvgIpc) is 3.57. The third-order valence-corrected chi connectivity index (χ3v) is 9.52. The Labute approximate surface area is 254 Å². The number of benzene rings is 2. The molecule has 0 spiro atoms. The number of imidazole rings is 1. The number of aryl methyl sites for hydroxylation is 1. The third-order valence-electron chi connectivity index (χ3n) is 8.54. The van der Waals surface area contributed by atoms with Gasteiger partial charge in [0.05, 0.1) is 23.4 Å². The zero-order chi connectivity index (χ0) is 29.5. The van der Waals surface area contributed by atoms with Crippen molar-refractivity contribution in [1.82, 2.24) is 39.6 Å². The first-order valence-electron chi connectivity index (χ1n) is 14.9. The molecule has 12 heteroatoms. The van der Waals surface area contributed by atoms with Crippen LogP contribution < -0.4 is 5.32 Å². The number of phenols is 1. The zero-order valence-corrected chi connectivity index (χ0v) is 25.2. The maximum Gasteiger partial charge on any atom is 0.165 e. The van der Waals surface area contributed by atoms with Crippen molar-refractivity contribution in [2.45, 2.75) is 38.9 Å². The molecular weight excluding hydrogens is 565 g/mol. The molecule has 0 bridgehead atoms. The lowest BCUT2D eigenvalue weighted by atomic mass is 9.96. The minimum absolute atomic E-state index is 0.148. The molecule has 0 amide bonds. The lowest BCUT2D eigenvalue weighted by Crippen LogP contribution is -2.47. The molecule has 43 heavy (non-hydrogen) atoms. The van der Waals surface area contributed by atoms with Crippen LogP contribution in [0.4, 0.5) is 4.39 Å². The monoisotopic (exact) mass is 601 g/mol. The van der Waals surface area contributed by atoms with Crippen LogP contribution >= 0.6 is 11.9 Å². The van der Waals surface area contributed by atoms with Crippen molar-refractivity contribution in [3.05, 3.63) is 64.3 Å². The highest BCUT2D eigenvalue weighted by Gasteiger charge is 2.25. The number of hydrogen-bond donors (Lipinski definition) is 4. The summed E-state index contributed by atoms with van der Waals surface area (Å²) in [7, 11) is 2.19. The molecule has 10 nitrogen and oxygen atoms in total. The number of aromatic nitrogens is 4. The number of phenolic OH excluding ortho intramolecular Hbond substituents is 1. The van der Waals surface area contributed by atoms with Gasteiger partial charge in [0.2, 0.25) is 0 Å². The molecule has 1 saturated heterocycles. The molecule has 0 radical (unpaired) electrons. The predicted molar refractivity (Wildman–Crippen MR) is 169 cm³/mol. The van der Waals surface area contributed by atoms with Gasteiger partial charge in [-0.25, -0.2) is 18.7 Å². The Balaban J connectivity index is 1.03. The predicted octanol–water partition coefficient (Wildman–Crippen LogP) is 4.47. The molecule has 224 valence electrons. The van der Waals surface area contributed by atoms with Crippen molar-refractivity contribution >= 4 is 29.1 Å². The summed E-state index contributed by atoms with van der Waals surface area (Å²) in [5.74, 6) is -0.211. The first kappa shape index (κ1) is 28.1. The summed E-state index contributed by atoms with van der Waals surface area (Å²) in [6.07, 6.45) is 6.91. The van der Waals surface area contributed by atoms with Crippen molar-refractivity contribution in [2.75, 3.05) is 39.8 Å². The Kier molecular flexibility index (Phi) is 7.68. The van der Waals surface area contributed by atoms with Crippen molar-refractivity contribution < 1.29 is 9.50 Å². The highest BCUT2D eigenvalue weighted by Crippen LogP contribution is 2.35. The van der Waals surface area contributed by atoms with E-state index in [2.05, 4.69) is 41.7 Å².